The van der Waals surface area contributed by atoms with E-state index in [-0.39, 0.29) is 24.6 Å². The van der Waals surface area contributed by atoms with Crippen LogP contribution in [0.4, 0.5) is 10.5 Å². The highest BCUT2D eigenvalue weighted by molar-refractivity contribution is 6.31. The maximum atomic E-state index is 13.7. The molecule has 3 aromatic carbocycles. The number of Topliss-reactive ketones (excluding diaryl/α,β-unsaturated/α-hetero) is 1. The second kappa shape index (κ2) is 13.0. The Labute approximate surface area is 241 Å². The maximum Gasteiger partial charge on any atom is 0.404 e. The van der Waals surface area contributed by atoms with E-state index in [0.29, 0.717) is 33.0 Å². The molecule has 3 N–H and O–H groups in total. The summed E-state index contributed by atoms with van der Waals surface area (Å²) < 4.78 is 11.8. The van der Waals surface area contributed by atoms with Crippen molar-refractivity contribution in [2.24, 2.45) is 5.73 Å². The van der Waals surface area contributed by atoms with E-state index in [0.717, 1.165) is 5.56 Å². The van der Waals surface area contributed by atoms with E-state index < -0.39 is 23.6 Å². The lowest BCUT2D eigenvalue weighted by Gasteiger charge is -2.22. The van der Waals surface area contributed by atoms with E-state index >= 15 is 0 Å². The van der Waals surface area contributed by atoms with Gasteiger partial charge in [-0.3, -0.25) is 19.0 Å². The largest absolute Gasteiger partial charge is 0.495 e. The molecule has 10 heteroatoms. The number of methoxy groups -OCH3 is 1. The number of rotatable bonds is 10. The number of hydrogen-bond donors (Lipinski definition) is 2. The molecule has 0 saturated carbocycles. The van der Waals surface area contributed by atoms with Gasteiger partial charge in [-0.05, 0) is 53.9 Å². The molecule has 0 aliphatic heterocycles. The van der Waals surface area contributed by atoms with Gasteiger partial charge in [-0.1, -0.05) is 54.1 Å². The summed E-state index contributed by atoms with van der Waals surface area (Å²) >= 11 is 6.22. The number of ketones is 1. The Bertz CT molecular complexity index is 1650. The zero-order chi connectivity index (χ0) is 29.5. The van der Waals surface area contributed by atoms with Crippen molar-refractivity contribution in [3.8, 4) is 16.9 Å². The van der Waals surface area contributed by atoms with Crippen LogP contribution in [0.15, 0.2) is 89.9 Å². The minimum atomic E-state index is -0.968. The van der Waals surface area contributed by atoms with Crippen molar-refractivity contribution < 1.29 is 23.9 Å². The van der Waals surface area contributed by atoms with Crippen molar-refractivity contribution in [3.05, 3.63) is 117 Å². The van der Waals surface area contributed by atoms with Crippen LogP contribution in [0.5, 0.6) is 5.75 Å². The molecule has 0 spiro atoms. The van der Waals surface area contributed by atoms with Gasteiger partial charge in [0.05, 0.1) is 13.3 Å². The van der Waals surface area contributed by atoms with Crippen LogP contribution in [-0.2, 0) is 22.6 Å². The topological polar surface area (TPSA) is 130 Å². The number of primary amides is 1. The summed E-state index contributed by atoms with van der Waals surface area (Å²) in [6.07, 6.45) is 0.759. The van der Waals surface area contributed by atoms with E-state index in [1.807, 2.05) is 30.3 Å². The minimum Gasteiger partial charge on any atom is -0.495 e. The minimum absolute atomic E-state index is 0.0592. The zero-order valence-electron chi connectivity index (χ0n) is 22.4. The molecule has 1 unspecified atom stereocenters. The molecule has 41 heavy (non-hydrogen) atoms. The molecule has 0 fully saturated rings. The molecule has 0 bridgehead atoms. The molecule has 210 valence electrons. The first-order chi connectivity index (χ1) is 19.7. The van der Waals surface area contributed by atoms with Crippen LogP contribution in [0, 0.1) is 0 Å². The lowest BCUT2D eigenvalue weighted by molar-refractivity contribution is -0.119. The molecule has 0 aliphatic rings. The number of carbonyl (C=O) groups excluding carboxylic acids is 3. The molecule has 4 aromatic rings. The molecule has 9 nitrogen and oxygen atoms in total. The highest BCUT2D eigenvalue weighted by Crippen LogP contribution is 2.34. The Morgan fingerprint density at radius 3 is 2.37 bits per heavy atom. The van der Waals surface area contributed by atoms with Crippen LogP contribution in [-0.4, -0.2) is 29.5 Å². The normalized spacial score (nSPS) is 11.4. The summed E-state index contributed by atoms with van der Waals surface area (Å²) in [5, 5.41) is 3.25. The number of amides is 2. The quantitative estimate of drug-likeness (QED) is 0.244. The fraction of sp³-hybridized carbons (Fsp3) is 0.161. The van der Waals surface area contributed by atoms with Crippen LogP contribution in [0.2, 0.25) is 5.02 Å². The highest BCUT2D eigenvalue weighted by atomic mass is 35.5. The number of ether oxygens (including phenoxy) is 2. The van der Waals surface area contributed by atoms with Crippen molar-refractivity contribution in [1.29, 1.82) is 0 Å². The number of nitrogens with zero attached hydrogens (tertiary/aromatic N) is 1. The summed E-state index contributed by atoms with van der Waals surface area (Å²) in [4.78, 5) is 50.6. The summed E-state index contributed by atoms with van der Waals surface area (Å²) in [6, 6.07) is 21.2. The molecule has 0 radical (unpaired) electrons. The Morgan fingerprint density at radius 1 is 0.951 bits per heavy atom. The van der Waals surface area contributed by atoms with E-state index in [4.69, 9.17) is 26.8 Å². The predicted molar refractivity (Wildman–Crippen MR) is 156 cm³/mol. The second-order valence-electron chi connectivity index (χ2n) is 9.25. The smallest absolute Gasteiger partial charge is 0.404 e. The Morgan fingerprint density at radius 2 is 1.68 bits per heavy atom. The number of nitrogens with one attached hydrogen (secondary N) is 1. The van der Waals surface area contributed by atoms with Crippen LogP contribution in [0.1, 0.15) is 34.5 Å². The van der Waals surface area contributed by atoms with E-state index in [1.54, 1.807) is 42.5 Å². The van der Waals surface area contributed by atoms with Crippen molar-refractivity contribution in [1.82, 2.24) is 4.57 Å². The molecule has 0 aliphatic carbocycles. The number of halogens is 1. The van der Waals surface area contributed by atoms with Gasteiger partial charge >= 0.3 is 6.09 Å². The van der Waals surface area contributed by atoms with Crippen molar-refractivity contribution >= 4 is 35.1 Å². The fourth-order valence-corrected chi connectivity index (χ4v) is 4.64. The molecule has 1 aromatic heterocycles. The van der Waals surface area contributed by atoms with Gasteiger partial charge in [-0.15, -0.1) is 0 Å². The summed E-state index contributed by atoms with van der Waals surface area (Å²) in [5.41, 5.74) is 7.68. The Kier molecular flexibility index (Phi) is 9.21. The fourth-order valence-electron chi connectivity index (χ4n) is 4.47. The number of carbonyl (C=O) groups is 3. The van der Waals surface area contributed by atoms with Crippen molar-refractivity contribution in [2.75, 3.05) is 12.4 Å². The van der Waals surface area contributed by atoms with Gasteiger partial charge < -0.3 is 20.5 Å². The van der Waals surface area contributed by atoms with Gasteiger partial charge in [-0.25, -0.2) is 4.79 Å². The molecule has 2 amide bonds. The summed E-state index contributed by atoms with van der Waals surface area (Å²) in [6.45, 7) is 1.37. The van der Waals surface area contributed by atoms with Crippen LogP contribution in [0.25, 0.3) is 11.1 Å². The Balaban J connectivity index is 1.76. The molecular formula is C31H28ClN3O6. The standard InChI is InChI=1S/C31H28ClN3O6/c1-19(36)24-12-11-22(32)15-25(24)26-16-29(37)35(17-28(26)40-2)27(14-20-7-4-3-5-8-20)30(38)34-23-10-6-9-21(13-23)18-41-31(33)39/h3-13,15-17,27H,14,18H2,1-2H3,(H2,33,39)(H,34,38). The van der Waals surface area contributed by atoms with E-state index in [1.165, 1.54) is 30.9 Å². The first-order valence-corrected chi connectivity index (χ1v) is 13.0. The average molecular weight is 574 g/mol. The summed E-state index contributed by atoms with van der Waals surface area (Å²) in [7, 11) is 1.44. The van der Waals surface area contributed by atoms with Gasteiger partial charge in [0.1, 0.15) is 18.4 Å². The third-order valence-electron chi connectivity index (χ3n) is 6.40. The lowest BCUT2D eigenvalue weighted by atomic mass is 9.97. The molecule has 1 heterocycles. The number of benzene rings is 3. The van der Waals surface area contributed by atoms with Gasteiger partial charge in [0.15, 0.2) is 5.78 Å². The third kappa shape index (κ3) is 7.20. The van der Waals surface area contributed by atoms with Crippen LogP contribution >= 0.6 is 11.6 Å². The summed E-state index contributed by atoms with van der Waals surface area (Å²) in [5.74, 6) is -0.371. The van der Waals surface area contributed by atoms with Gasteiger partial charge in [0.25, 0.3) is 5.56 Å². The van der Waals surface area contributed by atoms with Crippen molar-refractivity contribution in [3.63, 3.8) is 0 Å². The van der Waals surface area contributed by atoms with Gasteiger partial charge in [0, 0.05) is 34.3 Å². The molecule has 4 rings (SSSR count). The monoisotopic (exact) mass is 573 g/mol. The number of anilines is 1. The molecule has 1 atom stereocenters. The third-order valence-corrected chi connectivity index (χ3v) is 6.64. The number of hydrogen-bond acceptors (Lipinski definition) is 6. The lowest BCUT2D eigenvalue weighted by Crippen LogP contribution is -2.34. The SMILES string of the molecule is COc1cn(C(Cc2ccccc2)C(=O)Nc2cccc(COC(N)=O)c2)c(=O)cc1-c1cc(Cl)ccc1C(C)=O. The van der Waals surface area contributed by atoms with Crippen LogP contribution < -0.4 is 21.3 Å². The predicted octanol–water partition coefficient (Wildman–Crippen LogP) is 5.40. The van der Waals surface area contributed by atoms with Gasteiger partial charge in [-0.2, -0.15) is 0 Å². The van der Waals surface area contributed by atoms with E-state index in [2.05, 4.69) is 5.32 Å². The first-order valence-electron chi connectivity index (χ1n) is 12.6. The van der Waals surface area contributed by atoms with Crippen molar-refractivity contribution in [2.45, 2.75) is 26.0 Å². The van der Waals surface area contributed by atoms with Gasteiger partial charge in [0.2, 0.25) is 5.91 Å². The number of pyridine rings is 1. The average Bonchev–Trinajstić information content (AvgIpc) is 2.95. The molecule has 0 saturated heterocycles. The highest BCUT2D eigenvalue weighted by Gasteiger charge is 2.25. The van der Waals surface area contributed by atoms with E-state index in [9.17, 15) is 19.2 Å². The maximum absolute atomic E-state index is 13.7. The number of nitrogens with two attached hydrogens (primary N) is 1. The molecular weight excluding hydrogens is 546 g/mol. The zero-order valence-corrected chi connectivity index (χ0v) is 23.2. The number of aromatic nitrogens is 1. The Hall–Kier alpha value is -4.89. The first kappa shape index (κ1) is 29.1. The second-order valence-corrected chi connectivity index (χ2v) is 9.69. The van der Waals surface area contributed by atoms with Crippen LogP contribution in [0.3, 0.4) is 0 Å².